The van der Waals surface area contributed by atoms with Gasteiger partial charge in [0.15, 0.2) is 0 Å². The molecule has 0 rings (SSSR count). The van der Waals surface area contributed by atoms with Crippen LogP contribution in [-0.4, -0.2) is 11.3 Å². The summed E-state index contributed by atoms with van der Waals surface area (Å²) in [7, 11) is 0. The third kappa shape index (κ3) is 4.11. The molecule has 10 heavy (non-hydrogen) atoms. The van der Waals surface area contributed by atoms with Crippen molar-refractivity contribution in [1.29, 1.82) is 5.41 Å². The predicted molar refractivity (Wildman–Crippen MR) is 58.2 cm³/mol. The minimum Gasteiger partial charge on any atom is -0.293 e. The van der Waals surface area contributed by atoms with E-state index in [2.05, 4.69) is 22.6 Å². The first kappa shape index (κ1) is 10.2. The van der Waals surface area contributed by atoms with Gasteiger partial charge in [-0.1, -0.05) is 12.2 Å². The molecule has 56 valence electrons. The van der Waals surface area contributed by atoms with Gasteiger partial charge in [0.25, 0.3) is 0 Å². The van der Waals surface area contributed by atoms with Crippen molar-refractivity contribution in [2.75, 3.05) is 6.26 Å². The van der Waals surface area contributed by atoms with Gasteiger partial charge in [-0.05, 0) is 41.8 Å². The maximum Gasteiger partial charge on any atom is 0.100 e. The number of allylic oxidation sites excluding steroid dienone is 3. The highest BCUT2D eigenvalue weighted by molar-refractivity contribution is 14.1. The summed E-state index contributed by atoms with van der Waals surface area (Å²) >= 11 is 3.61. The second-order valence-corrected chi connectivity index (χ2v) is 3.55. The third-order valence-electron chi connectivity index (χ3n) is 0.856. The van der Waals surface area contributed by atoms with Gasteiger partial charge in [0, 0.05) is 3.58 Å². The number of rotatable bonds is 2. The maximum absolute atomic E-state index is 7.38. The van der Waals surface area contributed by atoms with Gasteiger partial charge in [0.2, 0.25) is 0 Å². The van der Waals surface area contributed by atoms with Gasteiger partial charge < -0.3 is 0 Å². The highest BCUT2D eigenvalue weighted by atomic mass is 127. The van der Waals surface area contributed by atoms with Crippen LogP contribution in [0, 0.1) is 5.41 Å². The van der Waals surface area contributed by atoms with Crippen molar-refractivity contribution in [3.05, 3.63) is 21.8 Å². The quantitative estimate of drug-likeness (QED) is 0.353. The fourth-order valence-electron chi connectivity index (χ4n) is 0.354. The summed E-state index contributed by atoms with van der Waals surface area (Å²) in [6.07, 6.45) is 7.72. The van der Waals surface area contributed by atoms with Crippen LogP contribution in [-0.2, 0) is 0 Å². The molecule has 0 amide bonds. The minimum atomic E-state index is 0.624. The van der Waals surface area contributed by atoms with E-state index in [9.17, 15) is 0 Å². The van der Waals surface area contributed by atoms with E-state index in [0.29, 0.717) is 5.04 Å². The third-order valence-corrected chi connectivity index (χ3v) is 2.75. The van der Waals surface area contributed by atoms with Crippen molar-refractivity contribution in [2.45, 2.75) is 6.92 Å². The van der Waals surface area contributed by atoms with Crippen molar-refractivity contribution in [2.24, 2.45) is 0 Å². The van der Waals surface area contributed by atoms with Gasteiger partial charge in [-0.3, -0.25) is 5.41 Å². The lowest BCUT2D eigenvalue weighted by molar-refractivity contribution is 1.56. The molecule has 0 atom stereocenters. The normalized spacial score (nSPS) is 12.5. The minimum absolute atomic E-state index is 0.624. The van der Waals surface area contributed by atoms with Crippen LogP contribution in [0.1, 0.15) is 6.92 Å². The molecule has 0 radical (unpaired) electrons. The second kappa shape index (κ2) is 5.97. The molecule has 0 spiro atoms. The Morgan fingerprint density at radius 3 is 2.60 bits per heavy atom. The average Bonchev–Trinajstić information content (AvgIpc) is 1.98. The lowest BCUT2D eigenvalue weighted by atomic mass is 10.4. The lowest BCUT2D eigenvalue weighted by Crippen LogP contribution is -1.85. The van der Waals surface area contributed by atoms with Crippen molar-refractivity contribution in [1.82, 2.24) is 0 Å². The second-order valence-electron chi connectivity index (χ2n) is 1.57. The molecule has 1 N–H and O–H groups in total. The molecule has 0 aromatic carbocycles. The average molecular weight is 267 g/mol. The molecule has 0 unspecified atom stereocenters. The zero-order valence-electron chi connectivity index (χ0n) is 6.02. The first-order valence-electron chi connectivity index (χ1n) is 2.83. The van der Waals surface area contributed by atoms with Gasteiger partial charge in [-0.25, -0.2) is 0 Å². The molecule has 0 bridgehead atoms. The van der Waals surface area contributed by atoms with E-state index in [0.717, 1.165) is 3.58 Å². The monoisotopic (exact) mass is 267 g/mol. The number of hydrogen-bond acceptors (Lipinski definition) is 2. The molecule has 0 aliphatic rings. The summed E-state index contributed by atoms with van der Waals surface area (Å²) < 4.78 is 0.989. The predicted octanol–water partition coefficient (Wildman–Crippen LogP) is 3.22. The van der Waals surface area contributed by atoms with Crippen LogP contribution in [0.5, 0.6) is 0 Å². The molecule has 0 aromatic rings. The molecule has 3 heteroatoms. The van der Waals surface area contributed by atoms with E-state index in [4.69, 9.17) is 5.41 Å². The molecule has 0 aliphatic heterocycles. The van der Waals surface area contributed by atoms with Crippen LogP contribution >= 0.6 is 34.4 Å². The fourth-order valence-corrected chi connectivity index (χ4v) is 1.49. The molecular weight excluding hydrogens is 257 g/mol. The van der Waals surface area contributed by atoms with Gasteiger partial charge in [0.05, 0.1) is 0 Å². The largest absolute Gasteiger partial charge is 0.293 e. The zero-order valence-corrected chi connectivity index (χ0v) is 8.99. The zero-order chi connectivity index (χ0) is 7.98. The Balaban J connectivity index is 4.05. The maximum atomic E-state index is 7.38. The van der Waals surface area contributed by atoms with Crippen LogP contribution in [0.25, 0.3) is 0 Å². The summed E-state index contributed by atoms with van der Waals surface area (Å²) in [5.74, 6) is 0. The molecule has 0 heterocycles. The van der Waals surface area contributed by atoms with Gasteiger partial charge in [-0.15, -0.1) is 11.8 Å². The van der Waals surface area contributed by atoms with E-state index < -0.39 is 0 Å². The van der Waals surface area contributed by atoms with Crippen molar-refractivity contribution >= 4 is 39.4 Å². The molecule has 0 saturated carbocycles. The summed E-state index contributed by atoms with van der Waals surface area (Å²) in [5, 5.41) is 8.00. The van der Waals surface area contributed by atoms with E-state index in [1.165, 1.54) is 11.8 Å². The Morgan fingerprint density at radius 2 is 2.20 bits per heavy atom. The molecule has 0 aliphatic carbocycles. The van der Waals surface area contributed by atoms with Crippen molar-refractivity contribution in [3.8, 4) is 0 Å². The molecule has 0 aromatic heterocycles. The smallest absolute Gasteiger partial charge is 0.100 e. The molecule has 0 saturated heterocycles. The first-order chi connectivity index (χ1) is 4.72. The molecular formula is C7H10INS. The summed E-state index contributed by atoms with van der Waals surface area (Å²) in [6, 6.07) is 0. The van der Waals surface area contributed by atoms with Gasteiger partial charge in [-0.2, -0.15) is 0 Å². The molecule has 1 nitrogen and oxygen atoms in total. The van der Waals surface area contributed by atoms with Crippen LogP contribution in [0.15, 0.2) is 21.8 Å². The number of thioether (sulfide) groups is 1. The number of halogens is 1. The lowest BCUT2D eigenvalue weighted by Gasteiger charge is -1.93. The summed E-state index contributed by atoms with van der Waals surface area (Å²) in [5.41, 5.74) is 0. The summed E-state index contributed by atoms with van der Waals surface area (Å²) in [4.78, 5) is 0. The summed E-state index contributed by atoms with van der Waals surface area (Å²) in [6.45, 7) is 1.96. The Labute approximate surface area is 79.6 Å². The highest BCUT2D eigenvalue weighted by Gasteiger charge is 1.95. The van der Waals surface area contributed by atoms with Gasteiger partial charge in [0.1, 0.15) is 5.04 Å². The Bertz CT molecular complexity index is 172. The van der Waals surface area contributed by atoms with Crippen LogP contribution in [0.4, 0.5) is 0 Å². The Kier molecular flexibility index (Phi) is 6.11. The standard InChI is InChI=1S/C7H10INS/c1-3-4-5-6(8)7(9)10-2/h3-5,9H,1-2H3/b4-3-,6-5-,9-7?. The van der Waals surface area contributed by atoms with E-state index >= 15 is 0 Å². The van der Waals surface area contributed by atoms with Crippen molar-refractivity contribution in [3.63, 3.8) is 0 Å². The molecule has 0 fully saturated rings. The van der Waals surface area contributed by atoms with Crippen LogP contribution in [0.2, 0.25) is 0 Å². The van der Waals surface area contributed by atoms with Crippen LogP contribution in [0.3, 0.4) is 0 Å². The Morgan fingerprint density at radius 1 is 1.60 bits per heavy atom. The van der Waals surface area contributed by atoms with Crippen molar-refractivity contribution < 1.29 is 0 Å². The number of nitrogens with one attached hydrogen (secondary N) is 1. The van der Waals surface area contributed by atoms with Crippen LogP contribution < -0.4 is 0 Å². The van der Waals surface area contributed by atoms with E-state index in [1.807, 2.05) is 31.4 Å². The Hall–Kier alpha value is 0.230. The number of hydrogen-bond donors (Lipinski definition) is 1. The fraction of sp³-hybridized carbons (Fsp3) is 0.286. The van der Waals surface area contributed by atoms with E-state index in [1.54, 1.807) is 0 Å². The highest BCUT2D eigenvalue weighted by Crippen LogP contribution is 2.14. The SMILES string of the molecule is C/C=C\C=C(/I)C(=N)SC. The topological polar surface area (TPSA) is 23.9 Å². The van der Waals surface area contributed by atoms with Gasteiger partial charge >= 0.3 is 0 Å². The first-order valence-corrected chi connectivity index (χ1v) is 5.14. The van der Waals surface area contributed by atoms with E-state index in [-0.39, 0.29) is 0 Å².